The van der Waals surface area contributed by atoms with Crippen LogP contribution in [0.25, 0.3) is 0 Å². The summed E-state index contributed by atoms with van der Waals surface area (Å²) in [5.74, 6) is 0. The van der Waals surface area contributed by atoms with Gasteiger partial charge in [-0.2, -0.15) is 13.2 Å². The zero-order chi connectivity index (χ0) is 18.2. The summed E-state index contributed by atoms with van der Waals surface area (Å²) in [7, 11) is 0. The molecule has 132 valence electrons. The first-order valence-corrected chi connectivity index (χ1v) is 8.43. The van der Waals surface area contributed by atoms with Gasteiger partial charge in [0.1, 0.15) is 4.62 Å². The average Bonchev–Trinajstić information content (AvgIpc) is 2.89. The third kappa shape index (κ3) is 3.81. The molecule has 0 radical (unpaired) electrons. The third-order valence-corrected chi connectivity index (χ3v) is 4.57. The van der Waals surface area contributed by atoms with Crippen molar-refractivity contribution in [3.8, 4) is 0 Å². The fourth-order valence-electron chi connectivity index (χ4n) is 2.66. The molecular weight excluding hydrogens is 397 g/mol. The number of hydrogen-bond acceptors (Lipinski definition) is 3. The molecule has 0 unspecified atom stereocenters. The predicted octanol–water partition coefficient (Wildman–Crippen LogP) is 6.10. The van der Waals surface area contributed by atoms with E-state index in [9.17, 15) is 13.2 Å². The molecule has 3 nitrogen and oxygen atoms in total. The molecule has 0 amide bonds. The quantitative estimate of drug-likeness (QED) is 0.660. The maximum absolute atomic E-state index is 12.9. The van der Waals surface area contributed by atoms with E-state index in [0.717, 1.165) is 33.6 Å². The summed E-state index contributed by atoms with van der Waals surface area (Å²) >= 11 is 3.33. The molecule has 0 bridgehead atoms. The van der Waals surface area contributed by atoms with E-state index in [4.69, 9.17) is 4.84 Å². The number of oxime groups is 1. The number of hydrogen-bond donors (Lipinski definition) is 1. The van der Waals surface area contributed by atoms with Crippen molar-refractivity contribution in [2.45, 2.75) is 32.0 Å². The van der Waals surface area contributed by atoms with E-state index in [-0.39, 0.29) is 0 Å². The third-order valence-electron chi connectivity index (χ3n) is 4.15. The molecule has 0 aromatic heterocycles. The molecule has 25 heavy (non-hydrogen) atoms. The molecule has 0 spiro atoms. The Morgan fingerprint density at radius 3 is 2.60 bits per heavy atom. The summed E-state index contributed by atoms with van der Waals surface area (Å²) in [5.41, 5.74) is 1.63. The summed E-state index contributed by atoms with van der Waals surface area (Å²) in [5, 5.41) is 7.00. The van der Waals surface area contributed by atoms with Gasteiger partial charge in [0.15, 0.2) is 5.60 Å². The molecule has 1 aliphatic heterocycles. The Kier molecular flexibility index (Phi) is 4.53. The molecule has 2 aromatic rings. The van der Waals surface area contributed by atoms with Crippen LogP contribution >= 0.6 is 15.9 Å². The van der Waals surface area contributed by atoms with Gasteiger partial charge in [0.05, 0.1) is 5.56 Å². The van der Waals surface area contributed by atoms with Gasteiger partial charge in [-0.3, -0.25) is 0 Å². The second-order valence-corrected chi connectivity index (χ2v) is 7.12. The predicted molar refractivity (Wildman–Crippen MR) is 95.3 cm³/mol. The number of anilines is 2. The molecule has 0 aliphatic carbocycles. The van der Waals surface area contributed by atoms with Gasteiger partial charge in [-0.15, -0.1) is 0 Å². The molecule has 1 N–H and O–H groups in total. The Morgan fingerprint density at radius 1 is 1.20 bits per heavy atom. The standard InChI is InChI=1S/C18H16BrF3N2O/c1-11-6-7-12(17(2)10-16(19)24-25-17)9-15(11)23-14-5-3-4-13(8-14)18(20,21)22/h3-9,23H,10H2,1-2H3/t17-/m1/s1. The number of aryl methyl sites for hydroxylation is 1. The van der Waals surface area contributed by atoms with E-state index in [1.165, 1.54) is 6.07 Å². The van der Waals surface area contributed by atoms with E-state index in [2.05, 4.69) is 26.4 Å². The van der Waals surface area contributed by atoms with Crippen LogP contribution in [0.3, 0.4) is 0 Å². The van der Waals surface area contributed by atoms with E-state index in [1.54, 1.807) is 6.07 Å². The number of alkyl halides is 3. The SMILES string of the molecule is Cc1ccc([C@@]2(C)CC(Br)=NO2)cc1Nc1cccc(C(F)(F)F)c1. The summed E-state index contributed by atoms with van der Waals surface area (Å²) in [4.78, 5) is 5.51. The Morgan fingerprint density at radius 2 is 1.96 bits per heavy atom. The van der Waals surface area contributed by atoms with Crippen LogP contribution in [-0.4, -0.2) is 4.62 Å². The zero-order valence-corrected chi connectivity index (χ0v) is 15.2. The molecule has 0 saturated carbocycles. The van der Waals surface area contributed by atoms with Crippen molar-refractivity contribution >= 4 is 31.9 Å². The highest BCUT2D eigenvalue weighted by Gasteiger charge is 2.35. The van der Waals surface area contributed by atoms with Gasteiger partial charge in [-0.1, -0.05) is 23.4 Å². The number of rotatable bonds is 3. The number of benzene rings is 2. The lowest BCUT2D eigenvalue weighted by Gasteiger charge is -2.23. The minimum Gasteiger partial charge on any atom is -0.383 e. The van der Waals surface area contributed by atoms with Gasteiger partial charge in [-0.25, -0.2) is 0 Å². The molecule has 1 atom stereocenters. The van der Waals surface area contributed by atoms with Crippen molar-refractivity contribution in [1.29, 1.82) is 0 Å². The first kappa shape index (κ1) is 17.8. The number of nitrogens with zero attached hydrogens (tertiary/aromatic N) is 1. The van der Waals surface area contributed by atoms with Gasteiger partial charge < -0.3 is 10.2 Å². The van der Waals surface area contributed by atoms with Crippen LogP contribution in [0.15, 0.2) is 47.6 Å². The van der Waals surface area contributed by atoms with Crippen molar-refractivity contribution in [3.05, 3.63) is 59.2 Å². The summed E-state index contributed by atoms with van der Waals surface area (Å²) < 4.78 is 39.4. The van der Waals surface area contributed by atoms with Crippen LogP contribution in [0.5, 0.6) is 0 Å². The van der Waals surface area contributed by atoms with Crippen LogP contribution in [-0.2, 0) is 16.6 Å². The van der Waals surface area contributed by atoms with Gasteiger partial charge in [0, 0.05) is 23.4 Å². The first-order valence-electron chi connectivity index (χ1n) is 7.63. The van der Waals surface area contributed by atoms with Gasteiger partial charge in [0.2, 0.25) is 0 Å². The van der Waals surface area contributed by atoms with Crippen LogP contribution < -0.4 is 5.32 Å². The largest absolute Gasteiger partial charge is 0.416 e. The topological polar surface area (TPSA) is 33.6 Å². The number of nitrogens with one attached hydrogen (secondary N) is 1. The Bertz CT molecular complexity index is 835. The van der Waals surface area contributed by atoms with Crippen LogP contribution in [0.1, 0.15) is 30.0 Å². The fourth-order valence-corrected chi connectivity index (χ4v) is 3.27. The lowest BCUT2D eigenvalue weighted by Crippen LogP contribution is -2.21. The highest BCUT2D eigenvalue weighted by molar-refractivity contribution is 9.18. The Labute approximate surface area is 152 Å². The van der Waals surface area contributed by atoms with Crippen molar-refractivity contribution in [2.75, 3.05) is 5.32 Å². The molecule has 1 aliphatic rings. The molecule has 0 fully saturated rings. The molecule has 3 rings (SSSR count). The van der Waals surface area contributed by atoms with E-state index >= 15 is 0 Å². The van der Waals surface area contributed by atoms with E-state index < -0.39 is 17.3 Å². The van der Waals surface area contributed by atoms with Crippen LogP contribution in [0, 0.1) is 6.92 Å². The highest BCUT2D eigenvalue weighted by atomic mass is 79.9. The van der Waals surface area contributed by atoms with Gasteiger partial charge in [-0.05, 0) is 59.6 Å². The normalized spacial score (nSPS) is 20.2. The maximum atomic E-state index is 12.9. The van der Waals surface area contributed by atoms with Gasteiger partial charge in [0.25, 0.3) is 0 Å². The van der Waals surface area contributed by atoms with Gasteiger partial charge >= 0.3 is 6.18 Å². The van der Waals surface area contributed by atoms with Crippen molar-refractivity contribution in [3.63, 3.8) is 0 Å². The first-order chi connectivity index (χ1) is 11.7. The lowest BCUT2D eigenvalue weighted by atomic mass is 9.92. The minimum atomic E-state index is -4.37. The van der Waals surface area contributed by atoms with Crippen LogP contribution in [0.2, 0.25) is 0 Å². The van der Waals surface area contributed by atoms with Crippen molar-refractivity contribution < 1.29 is 18.0 Å². The second-order valence-electron chi connectivity index (χ2n) is 6.20. The fraction of sp³-hybridized carbons (Fsp3) is 0.278. The summed E-state index contributed by atoms with van der Waals surface area (Å²) in [6.45, 7) is 3.81. The monoisotopic (exact) mass is 412 g/mol. The Hall–Kier alpha value is -2.02. The highest BCUT2D eigenvalue weighted by Crippen LogP contribution is 2.38. The van der Waals surface area contributed by atoms with Crippen molar-refractivity contribution in [2.24, 2.45) is 5.16 Å². The average molecular weight is 413 g/mol. The second kappa shape index (κ2) is 6.37. The molecule has 7 heteroatoms. The summed E-state index contributed by atoms with van der Waals surface area (Å²) in [6.07, 6.45) is -3.78. The molecule has 2 aromatic carbocycles. The molecule has 0 saturated heterocycles. The zero-order valence-electron chi connectivity index (χ0n) is 13.6. The molecular formula is C18H16BrF3N2O. The lowest BCUT2D eigenvalue weighted by molar-refractivity contribution is -0.137. The minimum absolute atomic E-state index is 0.380. The van der Waals surface area contributed by atoms with Crippen LogP contribution in [0.4, 0.5) is 24.5 Å². The smallest absolute Gasteiger partial charge is 0.383 e. The van der Waals surface area contributed by atoms with Crippen molar-refractivity contribution in [1.82, 2.24) is 0 Å². The molecule has 1 heterocycles. The summed E-state index contributed by atoms with van der Waals surface area (Å²) in [6, 6.07) is 10.9. The maximum Gasteiger partial charge on any atom is 0.416 e. The Balaban J connectivity index is 1.90. The van der Waals surface area contributed by atoms with E-state index in [0.29, 0.717) is 12.1 Å². The number of halogens is 4. The van der Waals surface area contributed by atoms with E-state index in [1.807, 2.05) is 32.0 Å².